The number of hydrogen-bond acceptors (Lipinski definition) is 3. The molecule has 1 rings (SSSR count). The van der Waals surface area contributed by atoms with Crippen molar-refractivity contribution in [2.75, 3.05) is 11.5 Å². The first-order valence-corrected chi connectivity index (χ1v) is 7.45. The monoisotopic (exact) mass is 264 g/mol. The molecule has 0 aromatic heterocycles. The van der Waals surface area contributed by atoms with Crippen LogP contribution in [0.1, 0.15) is 35.7 Å². The van der Waals surface area contributed by atoms with Gasteiger partial charge in [0.1, 0.15) is 11.5 Å². The molecule has 0 saturated carbocycles. The van der Waals surface area contributed by atoms with Crippen LogP contribution in [0.5, 0.6) is 0 Å². The average molecular weight is 264 g/mol. The van der Waals surface area contributed by atoms with Crippen molar-refractivity contribution in [1.29, 1.82) is 0 Å². The molecule has 3 nitrogen and oxygen atoms in total. The number of carbonyl (C=O) groups is 1. The van der Waals surface area contributed by atoms with Crippen molar-refractivity contribution in [1.82, 2.24) is 0 Å². The van der Waals surface area contributed by atoms with E-state index in [0.717, 1.165) is 5.56 Å². The number of rotatable bonds is 5. The average Bonchev–Trinajstić information content (AvgIpc) is 2.28. The Labute approximate surface area is 108 Å². The highest BCUT2D eigenvalue weighted by Crippen LogP contribution is 2.15. The minimum absolute atomic E-state index is 0.374. The van der Waals surface area contributed by atoms with Crippen molar-refractivity contribution in [3.8, 4) is 12.3 Å². The number of benzene rings is 1. The molecular weight excluding hydrogens is 248 g/mol. The third-order valence-electron chi connectivity index (χ3n) is 2.55. The second-order valence-corrected chi connectivity index (χ2v) is 6.50. The molecule has 96 valence electrons. The number of carbonyl (C=O) groups excluding carboxylic acids is 1. The number of ketones is 1. The van der Waals surface area contributed by atoms with Crippen molar-refractivity contribution in [3.05, 3.63) is 35.4 Å². The topological polar surface area (TPSA) is 51.2 Å². The maximum absolute atomic E-state index is 11.8. The molecule has 0 aliphatic carbocycles. The fourth-order valence-electron chi connectivity index (χ4n) is 1.51. The second-order valence-electron chi connectivity index (χ2n) is 4.44. The van der Waals surface area contributed by atoms with Crippen molar-refractivity contribution in [2.24, 2.45) is 0 Å². The highest BCUT2D eigenvalue weighted by molar-refractivity contribution is 7.92. The molecule has 0 atom stereocenters. The van der Waals surface area contributed by atoms with Crippen LogP contribution >= 0.6 is 0 Å². The standard InChI is InChI=1S/C14H16O3S/c1-4-9-18(16,17)10-14(15)13-7-5-12(6-8-13)11(2)3/h1,5-8,11H,9-10H2,2-3H3. The zero-order valence-corrected chi connectivity index (χ0v) is 11.3. The lowest BCUT2D eigenvalue weighted by Crippen LogP contribution is -2.18. The Morgan fingerprint density at radius 2 is 1.83 bits per heavy atom. The van der Waals surface area contributed by atoms with E-state index in [2.05, 4.69) is 0 Å². The minimum atomic E-state index is -3.49. The zero-order valence-electron chi connectivity index (χ0n) is 10.5. The van der Waals surface area contributed by atoms with E-state index in [1.54, 1.807) is 12.1 Å². The van der Waals surface area contributed by atoms with Gasteiger partial charge in [0.25, 0.3) is 0 Å². The van der Waals surface area contributed by atoms with E-state index in [4.69, 9.17) is 6.42 Å². The number of Topliss-reactive ketones (excluding diaryl/α,β-unsaturated/α-hetero) is 1. The molecule has 0 saturated heterocycles. The van der Waals surface area contributed by atoms with Gasteiger partial charge in [0.15, 0.2) is 15.6 Å². The predicted octanol–water partition coefficient (Wildman–Crippen LogP) is 2.04. The van der Waals surface area contributed by atoms with Gasteiger partial charge in [-0.25, -0.2) is 8.42 Å². The van der Waals surface area contributed by atoms with E-state index in [0.29, 0.717) is 11.5 Å². The number of hydrogen-bond donors (Lipinski definition) is 0. The minimum Gasteiger partial charge on any atom is -0.293 e. The summed E-state index contributed by atoms with van der Waals surface area (Å²) >= 11 is 0. The smallest absolute Gasteiger partial charge is 0.177 e. The van der Waals surface area contributed by atoms with Crippen LogP contribution in [0.15, 0.2) is 24.3 Å². The third kappa shape index (κ3) is 4.01. The van der Waals surface area contributed by atoms with Crippen LogP contribution < -0.4 is 0 Å². The normalized spacial score (nSPS) is 11.2. The highest BCUT2D eigenvalue weighted by atomic mass is 32.2. The Hall–Kier alpha value is -1.60. The second kappa shape index (κ2) is 5.83. The highest BCUT2D eigenvalue weighted by Gasteiger charge is 2.17. The van der Waals surface area contributed by atoms with Crippen LogP contribution in [-0.2, 0) is 9.84 Å². The SMILES string of the molecule is C#CCS(=O)(=O)CC(=O)c1ccc(C(C)C)cc1. The Kier molecular flexibility index (Phi) is 4.69. The van der Waals surface area contributed by atoms with Crippen LogP contribution in [0.2, 0.25) is 0 Å². The lowest BCUT2D eigenvalue weighted by atomic mass is 10.0. The van der Waals surface area contributed by atoms with E-state index in [-0.39, 0.29) is 0 Å². The molecule has 1 aromatic carbocycles. The Morgan fingerprint density at radius 1 is 1.28 bits per heavy atom. The zero-order chi connectivity index (χ0) is 13.8. The predicted molar refractivity (Wildman–Crippen MR) is 72.3 cm³/mol. The third-order valence-corrected chi connectivity index (χ3v) is 3.86. The molecule has 1 aromatic rings. The fourth-order valence-corrected chi connectivity index (χ4v) is 2.44. The summed E-state index contributed by atoms with van der Waals surface area (Å²) in [7, 11) is -3.49. The van der Waals surface area contributed by atoms with Crippen LogP contribution in [-0.4, -0.2) is 25.7 Å². The van der Waals surface area contributed by atoms with Gasteiger partial charge in [-0.3, -0.25) is 4.79 Å². The molecule has 0 bridgehead atoms. The van der Waals surface area contributed by atoms with Gasteiger partial charge >= 0.3 is 0 Å². The van der Waals surface area contributed by atoms with E-state index in [1.807, 2.05) is 31.9 Å². The van der Waals surface area contributed by atoms with Gasteiger partial charge in [0, 0.05) is 5.56 Å². The van der Waals surface area contributed by atoms with E-state index >= 15 is 0 Å². The van der Waals surface area contributed by atoms with E-state index in [1.165, 1.54) is 0 Å². The van der Waals surface area contributed by atoms with Crippen LogP contribution in [0.25, 0.3) is 0 Å². The molecule has 0 radical (unpaired) electrons. The van der Waals surface area contributed by atoms with E-state index in [9.17, 15) is 13.2 Å². The molecule has 0 amide bonds. The molecule has 0 fully saturated rings. The summed E-state index contributed by atoms with van der Waals surface area (Å²) in [6.45, 7) is 4.10. The summed E-state index contributed by atoms with van der Waals surface area (Å²) in [5.41, 5.74) is 1.51. The Bertz CT molecular complexity index is 560. The van der Waals surface area contributed by atoms with Crippen molar-refractivity contribution in [3.63, 3.8) is 0 Å². The summed E-state index contributed by atoms with van der Waals surface area (Å²) in [5.74, 6) is 1.08. The van der Waals surface area contributed by atoms with Gasteiger partial charge in [-0.1, -0.05) is 44.0 Å². The molecule has 18 heavy (non-hydrogen) atoms. The molecule has 0 heterocycles. The van der Waals surface area contributed by atoms with Gasteiger partial charge in [0.05, 0.1) is 0 Å². The number of terminal acetylenes is 1. The van der Waals surface area contributed by atoms with Gasteiger partial charge in [-0.15, -0.1) is 6.42 Å². The quantitative estimate of drug-likeness (QED) is 0.604. The summed E-state index contributed by atoms with van der Waals surface area (Å²) in [5, 5.41) is 0. The first-order valence-electron chi connectivity index (χ1n) is 5.63. The van der Waals surface area contributed by atoms with Crippen molar-refractivity contribution < 1.29 is 13.2 Å². The summed E-state index contributed by atoms with van der Waals surface area (Å²) in [6.07, 6.45) is 4.94. The van der Waals surface area contributed by atoms with Crippen LogP contribution in [0.4, 0.5) is 0 Å². The fraction of sp³-hybridized carbons (Fsp3) is 0.357. The van der Waals surface area contributed by atoms with Gasteiger partial charge in [-0.2, -0.15) is 0 Å². The molecule has 0 aliphatic heterocycles. The molecule has 0 spiro atoms. The van der Waals surface area contributed by atoms with Crippen LogP contribution in [0.3, 0.4) is 0 Å². The summed E-state index contributed by atoms with van der Waals surface area (Å²) in [6, 6.07) is 6.99. The molecular formula is C14H16O3S. The lowest BCUT2D eigenvalue weighted by Gasteiger charge is -2.06. The van der Waals surface area contributed by atoms with Crippen molar-refractivity contribution >= 4 is 15.6 Å². The first-order chi connectivity index (χ1) is 8.35. The Morgan fingerprint density at radius 3 is 2.28 bits per heavy atom. The molecule has 4 heteroatoms. The van der Waals surface area contributed by atoms with E-state index < -0.39 is 27.1 Å². The lowest BCUT2D eigenvalue weighted by molar-refractivity contribution is 0.102. The molecule has 0 N–H and O–H groups in total. The molecule has 0 aliphatic rings. The van der Waals surface area contributed by atoms with Crippen molar-refractivity contribution in [2.45, 2.75) is 19.8 Å². The van der Waals surface area contributed by atoms with Crippen LogP contribution in [0, 0.1) is 12.3 Å². The molecule has 0 unspecified atom stereocenters. The summed E-state index contributed by atoms with van der Waals surface area (Å²) < 4.78 is 22.9. The van der Waals surface area contributed by atoms with Gasteiger partial charge in [0.2, 0.25) is 0 Å². The number of sulfone groups is 1. The van der Waals surface area contributed by atoms with Gasteiger partial charge < -0.3 is 0 Å². The summed E-state index contributed by atoms with van der Waals surface area (Å²) in [4.78, 5) is 11.8. The van der Waals surface area contributed by atoms with Gasteiger partial charge in [-0.05, 0) is 11.5 Å². The maximum atomic E-state index is 11.8. The first kappa shape index (κ1) is 14.5. The largest absolute Gasteiger partial charge is 0.293 e. The maximum Gasteiger partial charge on any atom is 0.177 e. The Balaban J connectivity index is 2.83.